The van der Waals surface area contributed by atoms with E-state index in [1.165, 1.54) is 5.57 Å². The van der Waals surface area contributed by atoms with Gasteiger partial charge in [-0.1, -0.05) is 32.4 Å². The summed E-state index contributed by atoms with van der Waals surface area (Å²) in [6.07, 6.45) is 7.38. The van der Waals surface area contributed by atoms with Crippen LogP contribution in [-0.2, 0) is 4.79 Å². The number of carboxylic acids is 1. The Morgan fingerprint density at radius 1 is 1.42 bits per heavy atom. The van der Waals surface area contributed by atoms with Crippen LogP contribution >= 0.6 is 0 Å². The van der Waals surface area contributed by atoms with E-state index >= 15 is 0 Å². The van der Waals surface area contributed by atoms with Gasteiger partial charge in [-0.15, -0.1) is 0 Å². The summed E-state index contributed by atoms with van der Waals surface area (Å²) in [6.45, 7) is 8.61. The molecule has 2 aliphatic carbocycles. The molecule has 0 aromatic rings. The monoisotopic (exact) mass is 336 g/mol. The van der Waals surface area contributed by atoms with E-state index < -0.39 is 5.97 Å². The first-order chi connectivity index (χ1) is 11.2. The van der Waals surface area contributed by atoms with Gasteiger partial charge in [-0.3, -0.25) is 0 Å². The first-order valence-electron chi connectivity index (χ1n) is 9.04. The van der Waals surface area contributed by atoms with Gasteiger partial charge < -0.3 is 15.3 Å². The SMILES string of the molecule is CC1=CCC[C@@H]2[C@@](C)(CCC(=CC(=O)O)CO)[C@H](C)C[C@H](O)[C@@]12C. The van der Waals surface area contributed by atoms with Gasteiger partial charge in [0.25, 0.3) is 0 Å². The summed E-state index contributed by atoms with van der Waals surface area (Å²) in [6, 6.07) is 0. The minimum absolute atomic E-state index is 0.0241. The van der Waals surface area contributed by atoms with Gasteiger partial charge in [0.2, 0.25) is 0 Å². The van der Waals surface area contributed by atoms with Crippen molar-refractivity contribution in [2.45, 2.75) is 65.9 Å². The number of carboxylic acid groups (broad SMARTS) is 1. The summed E-state index contributed by atoms with van der Waals surface area (Å²) in [7, 11) is 0. The Morgan fingerprint density at radius 3 is 2.67 bits per heavy atom. The lowest BCUT2D eigenvalue weighted by atomic mass is 9.46. The zero-order chi connectivity index (χ0) is 18.1. The third kappa shape index (κ3) is 3.18. The van der Waals surface area contributed by atoms with Crippen LogP contribution in [0.25, 0.3) is 0 Å². The van der Waals surface area contributed by atoms with Gasteiger partial charge in [-0.2, -0.15) is 0 Å². The van der Waals surface area contributed by atoms with Crippen molar-refractivity contribution >= 4 is 5.97 Å². The number of rotatable bonds is 5. The molecule has 0 bridgehead atoms. The standard InChI is InChI=1S/C20H32O4/c1-13-6-5-7-16-19(3,9-8-15(12-21)11-18(23)24)14(2)10-17(22)20(13,16)4/h6,11,14,16-17,21-22H,5,7-10,12H2,1-4H3,(H,23,24)/t14-,16-,17+,19+,20+/m1/s1. The first-order valence-corrected chi connectivity index (χ1v) is 9.04. The van der Waals surface area contributed by atoms with Crippen LogP contribution < -0.4 is 0 Å². The van der Waals surface area contributed by atoms with Crippen LogP contribution in [0.2, 0.25) is 0 Å². The van der Waals surface area contributed by atoms with Crippen LogP contribution in [0.15, 0.2) is 23.3 Å². The maximum atomic E-state index is 10.9. The van der Waals surface area contributed by atoms with E-state index in [1.54, 1.807) is 0 Å². The number of aliphatic hydroxyl groups excluding tert-OH is 2. The van der Waals surface area contributed by atoms with E-state index in [-0.39, 0.29) is 23.5 Å². The quantitative estimate of drug-likeness (QED) is 0.530. The lowest BCUT2D eigenvalue weighted by Crippen LogP contribution is -2.56. The Bertz CT molecular complexity index is 550. The minimum Gasteiger partial charge on any atom is -0.478 e. The highest BCUT2D eigenvalue weighted by Gasteiger charge is 2.56. The van der Waals surface area contributed by atoms with Gasteiger partial charge in [0, 0.05) is 11.5 Å². The molecule has 24 heavy (non-hydrogen) atoms. The number of aliphatic carboxylic acids is 1. The number of hydrogen-bond donors (Lipinski definition) is 3. The molecule has 0 spiro atoms. The molecule has 3 N–H and O–H groups in total. The molecule has 0 heterocycles. The van der Waals surface area contributed by atoms with Gasteiger partial charge in [0.1, 0.15) is 0 Å². The lowest BCUT2D eigenvalue weighted by molar-refractivity contribution is -0.131. The van der Waals surface area contributed by atoms with Crippen molar-refractivity contribution in [3.63, 3.8) is 0 Å². The first kappa shape index (κ1) is 19.2. The van der Waals surface area contributed by atoms with Crippen LogP contribution in [0.3, 0.4) is 0 Å². The van der Waals surface area contributed by atoms with Crippen LogP contribution in [0.4, 0.5) is 0 Å². The Balaban J connectivity index is 2.29. The van der Waals surface area contributed by atoms with Gasteiger partial charge >= 0.3 is 5.97 Å². The largest absolute Gasteiger partial charge is 0.478 e. The Hall–Kier alpha value is -1.13. The second-order valence-corrected chi connectivity index (χ2v) is 8.26. The van der Waals surface area contributed by atoms with Crippen LogP contribution in [-0.4, -0.2) is 34.0 Å². The smallest absolute Gasteiger partial charge is 0.328 e. The topological polar surface area (TPSA) is 77.8 Å². The second kappa shape index (κ2) is 7.01. The number of fused-ring (bicyclic) bond motifs is 1. The van der Waals surface area contributed by atoms with E-state index in [9.17, 15) is 15.0 Å². The fourth-order valence-electron chi connectivity index (χ4n) is 5.19. The molecule has 4 heteroatoms. The van der Waals surface area contributed by atoms with Gasteiger partial charge in [0.05, 0.1) is 12.7 Å². The number of hydrogen-bond acceptors (Lipinski definition) is 3. The Morgan fingerprint density at radius 2 is 2.08 bits per heavy atom. The third-order valence-electron chi connectivity index (χ3n) is 7.19. The molecule has 1 fully saturated rings. The van der Waals surface area contributed by atoms with Crippen molar-refractivity contribution in [2.75, 3.05) is 6.61 Å². The van der Waals surface area contributed by atoms with Crippen molar-refractivity contribution < 1.29 is 20.1 Å². The second-order valence-electron chi connectivity index (χ2n) is 8.26. The predicted octanol–water partition coefficient (Wildman–Crippen LogP) is 3.54. The molecular formula is C20H32O4. The van der Waals surface area contributed by atoms with Gasteiger partial charge in [0.15, 0.2) is 0 Å². The lowest BCUT2D eigenvalue weighted by Gasteiger charge is -2.60. The summed E-state index contributed by atoms with van der Waals surface area (Å²) < 4.78 is 0. The molecule has 2 aliphatic rings. The zero-order valence-corrected chi connectivity index (χ0v) is 15.4. The van der Waals surface area contributed by atoms with E-state index in [1.807, 2.05) is 0 Å². The average molecular weight is 336 g/mol. The summed E-state index contributed by atoms with van der Waals surface area (Å²) in [5.74, 6) is -0.266. The maximum Gasteiger partial charge on any atom is 0.328 e. The summed E-state index contributed by atoms with van der Waals surface area (Å²) in [5, 5.41) is 29.2. The van der Waals surface area contributed by atoms with E-state index in [2.05, 4.69) is 33.8 Å². The van der Waals surface area contributed by atoms with Crippen molar-refractivity contribution in [1.82, 2.24) is 0 Å². The number of aliphatic hydroxyl groups is 2. The molecular weight excluding hydrogens is 304 g/mol. The van der Waals surface area contributed by atoms with Crippen molar-refractivity contribution in [2.24, 2.45) is 22.7 Å². The zero-order valence-electron chi connectivity index (χ0n) is 15.4. The summed E-state index contributed by atoms with van der Waals surface area (Å²) in [5.41, 5.74) is 1.69. The van der Waals surface area contributed by atoms with E-state index in [0.717, 1.165) is 31.8 Å². The molecule has 0 radical (unpaired) electrons. The van der Waals surface area contributed by atoms with Crippen LogP contribution in [0.5, 0.6) is 0 Å². The molecule has 0 aromatic heterocycles. The van der Waals surface area contributed by atoms with E-state index in [0.29, 0.717) is 23.8 Å². The maximum absolute atomic E-state index is 10.9. The van der Waals surface area contributed by atoms with Gasteiger partial charge in [-0.05, 0) is 61.9 Å². The van der Waals surface area contributed by atoms with Crippen molar-refractivity contribution in [3.8, 4) is 0 Å². The summed E-state index contributed by atoms with van der Waals surface area (Å²) in [4.78, 5) is 10.9. The average Bonchev–Trinajstić information content (AvgIpc) is 2.51. The predicted molar refractivity (Wildman–Crippen MR) is 94.5 cm³/mol. The molecule has 2 rings (SSSR count). The molecule has 0 saturated heterocycles. The summed E-state index contributed by atoms with van der Waals surface area (Å²) >= 11 is 0. The molecule has 136 valence electrons. The minimum atomic E-state index is -1.00. The van der Waals surface area contributed by atoms with Crippen molar-refractivity contribution in [1.29, 1.82) is 0 Å². The molecule has 0 aromatic carbocycles. The van der Waals surface area contributed by atoms with Crippen molar-refractivity contribution in [3.05, 3.63) is 23.3 Å². The molecule has 5 atom stereocenters. The van der Waals surface area contributed by atoms with E-state index in [4.69, 9.17) is 5.11 Å². The fraction of sp³-hybridized carbons (Fsp3) is 0.750. The highest BCUT2D eigenvalue weighted by atomic mass is 16.4. The molecule has 0 aliphatic heterocycles. The normalized spacial score (nSPS) is 40.0. The fourth-order valence-corrected chi connectivity index (χ4v) is 5.19. The third-order valence-corrected chi connectivity index (χ3v) is 7.19. The molecule has 0 unspecified atom stereocenters. The Kier molecular flexibility index (Phi) is 5.61. The number of carbonyl (C=O) groups is 1. The molecule has 0 amide bonds. The Labute approximate surface area is 145 Å². The molecule has 4 nitrogen and oxygen atoms in total. The highest BCUT2D eigenvalue weighted by molar-refractivity contribution is 5.80. The highest BCUT2D eigenvalue weighted by Crippen LogP contribution is 2.61. The number of allylic oxidation sites excluding steroid dienone is 1. The van der Waals surface area contributed by atoms with Crippen LogP contribution in [0, 0.1) is 22.7 Å². The van der Waals surface area contributed by atoms with Gasteiger partial charge in [-0.25, -0.2) is 4.79 Å². The molecule has 1 saturated carbocycles. The van der Waals surface area contributed by atoms with Crippen LogP contribution in [0.1, 0.15) is 59.8 Å².